The van der Waals surface area contributed by atoms with Crippen LogP contribution in [-0.4, -0.2) is 28.6 Å². The second-order valence-electron chi connectivity index (χ2n) is 3.20. The zero-order chi connectivity index (χ0) is 10.9. The lowest BCUT2D eigenvalue weighted by Gasteiger charge is -2.13. The summed E-state index contributed by atoms with van der Waals surface area (Å²) in [6.07, 6.45) is 0. The Bertz CT molecular complexity index is 356. The molecule has 0 unspecified atom stereocenters. The van der Waals surface area contributed by atoms with E-state index >= 15 is 0 Å². The highest BCUT2D eigenvalue weighted by atomic mass is 16.6. The molecule has 78 valence electrons. The van der Waals surface area contributed by atoms with Gasteiger partial charge in [-0.25, -0.2) is 0 Å². The summed E-state index contributed by atoms with van der Waals surface area (Å²) in [6.45, 7) is 4.38. The molecule has 6 heteroatoms. The summed E-state index contributed by atoms with van der Waals surface area (Å²) in [5.41, 5.74) is 0. The first-order valence-corrected chi connectivity index (χ1v) is 4.37. The zero-order valence-electron chi connectivity index (χ0n) is 8.81. The van der Waals surface area contributed by atoms with Crippen molar-refractivity contribution in [3.05, 3.63) is 15.9 Å². The third kappa shape index (κ3) is 1.55. The van der Waals surface area contributed by atoms with Gasteiger partial charge in [-0.15, -0.1) is 0 Å². The maximum atomic E-state index is 10.7. The van der Waals surface area contributed by atoms with E-state index in [1.165, 1.54) is 0 Å². The standard InChI is InChI=1S/C8H14N4O2/c1-5-11-6(2)9-7(12(13)14)8(11)10(3)4/h5H2,1-4H3. The van der Waals surface area contributed by atoms with Crippen molar-refractivity contribution in [3.8, 4) is 0 Å². The van der Waals surface area contributed by atoms with E-state index in [9.17, 15) is 10.1 Å². The maximum absolute atomic E-state index is 10.7. The number of aryl methyl sites for hydroxylation is 1. The van der Waals surface area contributed by atoms with Crippen molar-refractivity contribution in [1.82, 2.24) is 9.55 Å². The Balaban J connectivity index is 3.37. The second-order valence-corrected chi connectivity index (χ2v) is 3.20. The van der Waals surface area contributed by atoms with Crippen molar-refractivity contribution >= 4 is 11.6 Å². The predicted octanol–water partition coefficient (Wildman–Crippen LogP) is 1.19. The Hall–Kier alpha value is -1.59. The highest BCUT2D eigenvalue weighted by Crippen LogP contribution is 2.26. The van der Waals surface area contributed by atoms with Crippen LogP contribution in [0.2, 0.25) is 0 Å². The number of hydrogen-bond donors (Lipinski definition) is 0. The first-order chi connectivity index (χ1) is 6.49. The van der Waals surface area contributed by atoms with Crippen LogP contribution in [0.25, 0.3) is 0 Å². The highest BCUT2D eigenvalue weighted by Gasteiger charge is 2.25. The monoisotopic (exact) mass is 198 g/mol. The molecule has 14 heavy (non-hydrogen) atoms. The fourth-order valence-electron chi connectivity index (χ4n) is 1.48. The first-order valence-electron chi connectivity index (χ1n) is 4.37. The van der Waals surface area contributed by atoms with Crippen molar-refractivity contribution in [1.29, 1.82) is 0 Å². The quantitative estimate of drug-likeness (QED) is 0.540. The molecule has 1 rings (SSSR count). The number of aromatic nitrogens is 2. The minimum Gasteiger partial charge on any atom is -0.358 e. The minimum atomic E-state index is -0.450. The number of imidazole rings is 1. The second kappa shape index (κ2) is 3.65. The van der Waals surface area contributed by atoms with Crippen LogP contribution in [-0.2, 0) is 6.54 Å². The fourth-order valence-corrected chi connectivity index (χ4v) is 1.48. The average molecular weight is 198 g/mol. The molecule has 0 bridgehead atoms. The Morgan fingerprint density at radius 1 is 1.57 bits per heavy atom. The lowest BCUT2D eigenvalue weighted by Crippen LogP contribution is -2.15. The minimum absolute atomic E-state index is 0.0747. The van der Waals surface area contributed by atoms with Gasteiger partial charge in [0.15, 0.2) is 0 Å². The summed E-state index contributed by atoms with van der Waals surface area (Å²) in [5, 5.41) is 10.7. The van der Waals surface area contributed by atoms with Gasteiger partial charge in [0.1, 0.15) is 0 Å². The van der Waals surface area contributed by atoms with E-state index < -0.39 is 4.92 Å². The van der Waals surface area contributed by atoms with Gasteiger partial charge < -0.3 is 15.0 Å². The van der Waals surface area contributed by atoms with Crippen molar-refractivity contribution in [2.24, 2.45) is 0 Å². The van der Waals surface area contributed by atoms with E-state index in [1.807, 2.05) is 11.5 Å². The van der Waals surface area contributed by atoms with Crippen LogP contribution in [0, 0.1) is 17.0 Å². The summed E-state index contributed by atoms with van der Waals surface area (Å²) < 4.78 is 1.82. The summed E-state index contributed by atoms with van der Waals surface area (Å²) in [6, 6.07) is 0. The Labute approximate surface area is 82.3 Å². The number of anilines is 1. The van der Waals surface area contributed by atoms with Gasteiger partial charge >= 0.3 is 5.82 Å². The van der Waals surface area contributed by atoms with Crippen LogP contribution < -0.4 is 4.90 Å². The van der Waals surface area contributed by atoms with Gasteiger partial charge in [0.25, 0.3) is 0 Å². The predicted molar refractivity (Wildman–Crippen MR) is 53.6 cm³/mol. The molecule has 0 saturated heterocycles. The molecule has 0 N–H and O–H groups in total. The number of nitrogens with zero attached hydrogens (tertiary/aromatic N) is 4. The van der Waals surface area contributed by atoms with Gasteiger partial charge in [-0.1, -0.05) is 0 Å². The van der Waals surface area contributed by atoms with Crippen LogP contribution in [0.5, 0.6) is 0 Å². The fraction of sp³-hybridized carbons (Fsp3) is 0.625. The smallest absolute Gasteiger partial charge is 0.358 e. The largest absolute Gasteiger partial charge is 0.406 e. The highest BCUT2D eigenvalue weighted by molar-refractivity contribution is 5.54. The van der Waals surface area contributed by atoms with Crippen molar-refractivity contribution in [3.63, 3.8) is 0 Å². The van der Waals surface area contributed by atoms with E-state index in [1.54, 1.807) is 25.9 Å². The van der Waals surface area contributed by atoms with Crippen LogP contribution in [0.3, 0.4) is 0 Å². The molecule has 0 aromatic carbocycles. The molecule has 6 nitrogen and oxygen atoms in total. The van der Waals surface area contributed by atoms with Crippen LogP contribution >= 0.6 is 0 Å². The third-order valence-electron chi connectivity index (χ3n) is 2.03. The average Bonchev–Trinajstić information content (AvgIpc) is 2.42. The molecule has 0 atom stereocenters. The summed E-state index contributed by atoms with van der Waals surface area (Å²) in [5.74, 6) is 1.15. The van der Waals surface area contributed by atoms with Gasteiger partial charge in [0, 0.05) is 27.6 Å². The van der Waals surface area contributed by atoms with Gasteiger partial charge in [-0.05, 0) is 16.8 Å². The van der Waals surface area contributed by atoms with Gasteiger partial charge in [-0.3, -0.25) is 4.57 Å². The normalized spacial score (nSPS) is 10.3. The maximum Gasteiger partial charge on any atom is 0.406 e. The zero-order valence-corrected chi connectivity index (χ0v) is 8.81. The lowest BCUT2D eigenvalue weighted by atomic mass is 10.5. The summed E-state index contributed by atoms with van der Waals surface area (Å²) in [4.78, 5) is 15.9. The molecule has 0 radical (unpaired) electrons. The molecule has 1 aromatic heterocycles. The molecule has 0 aliphatic carbocycles. The molecule has 1 heterocycles. The SMILES string of the molecule is CCn1c(C)nc([N+](=O)[O-])c1N(C)C. The molecule has 0 amide bonds. The Morgan fingerprint density at radius 2 is 2.14 bits per heavy atom. The molecule has 0 spiro atoms. The van der Waals surface area contributed by atoms with Crippen LogP contribution in [0.4, 0.5) is 11.6 Å². The lowest BCUT2D eigenvalue weighted by molar-refractivity contribution is -0.388. The van der Waals surface area contributed by atoms with Crippen LogP contribution in [0.1, 0.15) is 12.7 Å². The van der Waals surface area contributed by atoms with E-state index in [-0.39, 0.29) is 5.82 Å². The van der Waals surface area contributed by atoms with Crippen LogP contribution in [0.15, 0.2) is 0 Å². The number of rotatable bonds is 3. The van der Waals surface area contributed by atoms with Gasteiger partial charge in [-0.2, -0.15) is 0 Å². The van der Waals surface area contributed by atoms with Crippen molar-refractivity contribution in [2.75, 3.05) is 19.0 Å². The van der Waals surface area contributed by atoms with E-state index in [0.29, 0.717) is 18.2 Å². The summed E-state index contributed by atoms with van der Waals surface area (Å²) in [7, 11) is 3.55. The molecule has 0 fully saturated rings. The molecular formula is C8H14N4O2. The summed E-state index contributed by atoms with van der Waals surface area (Å²) >= 11 is 0. The third-order valence-corrected chi connectivity index (χ3v) is 2.03. The first kappa shape index (κ1) is 10.5. The van der Waals surface area contributed by atoms with E-state index in [0.717, 1.165) is 0 Å². The molecule has 0 saturated carbocycles. The van der Waals surface area contributed by atoms with Gasteiger partial charge in [0.2, 0.25) is 11.6 Å². The Kier molecular flexibility index (Phi) is 2.73. The molecule has 0 aliphatic heterocycles. The number of hydrogen-bond acceptors (Lipinski definition) is 4. The van der Waals surface area contributed by atoms with Gasteiger partial charge in [0.05, 0.1) is 0 Å². The van der Waals surface area contributed by atoms with Crippen molar-refractivity contribution in [2.45, 2.75) is 20.4 Å². The van der Waals surface area contributed by atoms with E-state index in [2.05, 4.69) is 4.98 Å². The van der Waals surface area contributed by atoms with E-state index in [4.69, 9.17) is 0 Å². The molecule has 1 aromatic rings. The Morgan fingerprint density at radius 3 is 2.50 bits per heavy atom. The molecular weight excluding hydrogens is 184 g/mol. The van der Waals surface area contributed by atoms with Crippen molar-refractivity contribution < 1.29 is 4.92 Å². The topological polar surface area (TPSA) is 64.2 Å². The number of nitro groups is 1. The molecule has 0 aliphatic rings.